The van der Waals surface area contributed by atoms with E-state index >= 15 is 0 Å². The molecule has 0 radical (unpaired) electrons. The highest BCUT2D eigenvalue weighted by Crippen LogP contribution is 2.17. The Morgan fingerprint density at radius 2 is 1.80 bits per heavy atom. The fourth-order valence-corrected chi connectivity index (χ4v) is 2.23. The maximum atomic E-state index is 11.9. The second-order valence-electron chi connectivity index (χ2n) is 5.16. The number of methoxy groups -OCH3 is 1. The summed E-state index contributed by atoms with van der Waals surface area (Å²) in [7, 11) is 1.62. The summed E-state index contributed by atoms with van der Waals surface area (Å²) in [5.74, 6) is 7.30. The van der Waals surface area contributed by atoms with Gasteiger partial charge in [-0.2, -0.15) is 0 Å². The lowest BCUT2D eigenvalue weighted by Gasteiger charge is -2.03. The third-order valence-corrected chi connectivity index (χ3v) is 3.50. The number of nitrogens with one attached hydrogen (secondary N) is 1. The number of fused-ring (bicyclic) bond motifs is 1. The normalized spacial score (nSPS) is 9.96. The molecular formula is C20H17NO4. The van der Waals surface area contributed by atoms with Crippen molar-refractivity contribution in [3.63, 3.8) is 0 Å². The fraction of sp³-hybridized carbons (Fsp3) is 0.150. The first kappa shape index (κ1) is 16.5. The molecular weight excluding hydrogens is 318 g/mol. The van der Waals surface area contributed by atoms with Gasteiger partial charge >= 0.3 is 5.63 Å². The quantitative estimate of drug-likeness (QED) is 0.573. The van der Waals surface area contributed by atoms with Crippen molar-refractivity contribution in [3.05, 3.63) is 65.0 Å². The average Bonchev–Trinajstić information content (AvgIpc) is 2.65. The Labute approximate surface area is 145 Å². The molecule has 0 aliphatic carbocycles. The largest absolute Gasteiger partial charge is 0.497 e. The van der Waals surface area contributed by atoms with Gasteiger partial charge in [0.25, 0.3) is 0 Å². The lowest BCUT2D eigenvalue weighted by molar-refractivity contribution is 0.368. The molecule has 2 aromatic carbocycles. The van der Waals surface area contributed by atoms with Crippen LogP contribution in [0.15, 0.2) is 63.8 Å². The van der Waals surface area contributed by atoms with Crippen molar-refractivity contribution in [1.82, 2.24) is 0 Å². The summed E-state index contributed by atoms with van der Waals surface area (Å²) in [6, 6.07) is 16.4. The molecule has 5 nitrogen and oxygen atoms in total. The summed E-state index contributed by atoms with van der Waals surface area (Å²) < 4.78 is 15.8. The van der Waals surface area contributed by atoms with E-state index in [1.165, 1.54) is 0 Å². The monoisotopic (exact) mass is 335 g/mol. The van der Waals surface area contributed by atoms with Gasteiger partial charge in [-0.1, -0.05) is 30.0 Å². The van der Waals surface area contributed by atoms with E-state index in [4.69, 9.17) is 13.9 Å². The zero-order chi connectivity index (χ0) is 17.5. The number of hydrogen-bond donors (Lipinski definition) is 1. The summed E-state index contributed by atoms with van der Waals surface area (Å²) in [4.78, 5) is 11.9. The molecule has 1 aromatic heterocycles. The smallest absolute Gasteiger partial charge is 0.359 e. The number of ether oxygens (including phenoxy) is 2. The van der Waals surface area contributed by atoms with Crippen LogP contribution < -0.4 is 20.4 Å². The van der Waals surface area contributed by atoms with E-state index in [0.717, 1.165) is 16.9 Å². The van der Waals surface area contributed by atoms with Crippen molar-refractivity contribution >= 4 is 16.7 Å². The highest BCUT2D eigenvalue weighted by atomic mass is 16.5. The first-order chi connectivity index (χ1) is 12.3. The number of benzene rings is 2. The predicted molar refractivity (Wildman–Crippen MR) is 97.2 cm³/mol. The number of rotatable bonds is 5. The van der Waals surface area contributed by atoms with Crippen LogP contribution in [0.25, 0.3) is 11.0 Å². The van der Waals surface area contributed by atoms with Crippen molar-refractivity contribution in [2.45, 2.75) is 0 Å². The van der Waals surface area contributed by atoms with E-state index in [-0.39, 0.29) is 6.61 Å². The van der Waals surface area contributed by atoms with Gasteiger partial charge in [-0.3, -0.25) is 0 Å². The second kappa shape index (κ2) is 7.93. The molecule has 3 aromatic rings. The molecule has 0 aliphatic heterocycles. The SMILES string of the molecule is COc1ccc(OCC#CCNc2cc3ccccc3oc2=O)cc1. The van der Waals surface area contributed by atoms with E-state index in [1.54, 1.807) is 19.2 Å². The predicted octanol–water partition coefficient (Wildman–Crippen LogP) is 3.30. The summed E-state index contributed by atoms with van der Waals surface area (Å²) >= 11 is 0. The molecule has 1 heterocycles. The molecule has 5 heteroatoms. The molecule has 126 valence electrons. The number of hydrogen-bond acceptors (Lipinski definition) is 5. The molecule has 25 heavy (non-hydrogen) atoms. The van der Waals surface area contributed by atoms with Gasteiger partial charge < -0.3 is 19.2 Å². The maximum Gasteiger partial charge on any atom is 0.359 e. The van der Waals surface area contributed by atoms with Crippen molar-refractivity contribution in [2.24, 2.45) is 0 Å². The van der Waals surface area contributed by atoms with Gasteiger partial charge in [0.15, 0.2) is 0 Å². The standard InChI is InChI=1S/C20H17NO4/c1-23-16-8-10-17(11-9-16)24-13-5-4-12-21-18-14-15-6-2-3-7-19(15)25-20(18)22/h2-3,6-11,14,21H,12-13H2,1H3. The van der Waals surface area contributed by atoms with Crippen LogP contribution in [0.1, 0.15) is 0 Å². The lowest BCUT2D eigenvalue weighted by atomic mass is 10.2. The topological polar surface area (TPSA) is 60.7 Å². The van der Waals surface area contributed by atoms with Gasteiger partial charge in [-0.05, 0) is 36.4 Å². The minimum absolute atomic E-state index is 0.264. The summed E-state index contributed by atoms with van der Waals surface area (Å²) in [5, 5.41) is 3.83. The Hall–Kier alpha value is -3.39. The van der Waals surface area contributed by atoms with E-state index in [2.05, 4.69) is 17.2 Å². The van der Waals surface area contributed by atoms with Crippen LogP contribution in [0.4, 0.5) is 5.69 Å². The Balaban J connectivity index is 1.52. The first-order valence-electron chi connectivity index (χ1n) is 7.75. The Morgan fingerprint density at radius 1 is 1.04 bits per heavy atom. The molecule has 0 fully saturated rings. The van der Waals surface area contributed by atoms with Crippen molar-refractivity contribution in [1.29, 1.82) is 0 Å². The van der Waals surface area contributed by atoms with E-state index in [0.29, 0.717) is 17.8 Å². The molecule has 1 N–H and O–H groups in total. The van der Waals surface area contributed by atoms with E-state index in [9.17, 15) is 4.79 Å². The third-order valence-electron chi connectivity index (χ3n) is 3.50. The zero-order valence-electron chi connectivity index (χ0n) is 13.7. The molecule has 3 rings (SSSR count). The van der Waals surface area contributed by atoms with Crippen molar-refractivity contribution in [3.8, 4) is 23.3 Å². The summed E-state index contributed by atoms with van der Waals surface area (Å²) in [5.41, 5.74) is 0.552. The summed E-state index contributed by atoms with van der Waals surface area (Å²) in [6.45, 7) is 0.593. The van der Waals surface area contributed by atoms with Crippen LogP contribution in [-0.2, 0) is 0 Å². The van der Waals surface area contributed by atoms with Gasteiger partial charge in [0.05, 0.1) is 13.7 Å². The van der Waals surface area contributed by atoms with Gasteiger partial charge in [0, 0.05) is 5.39 Å². The Bertz CT molecular complexity index is 965. The fourth-order valence-electron chi connectivity index (χ4n) is 2.23. The Kier molecular flexibility index (Phi) is 5.22. The minimum Gasteiger partial charge on any atom is -0.497 e. The molecule has 0 unspecified atom stereocenters. The third kappa shape index (κ3) is 4.33. The van der Waals surface area contributed by atoms with Crippen LogP contribution in [0.5, 0.6) is 11.5 Å². The van der Waals surface area contributed by atoms with Gasteiger partial charge in [-0.15, -0.1) is 0 Å². The van der Waals surface area contributed by atoms with E-state index in [1.807, 2.05) is 42.5 Å². The first-order valence-corrected chi connectivity index (χ1v) is 7.75. The highest BCUT2D eigenvalue weighted by molar-refractivity contribution is 5.79. The van der Waals surface area contributed by atoms with Crippen LogP contribution >= 0.6 is 0 Å². The van der Waals surface area contributed by atoms with Gasteiger partial charge in [-0.25, -0.2) is 4.79 Å². The van der Waals surface area contributed by atoms with Gasteiger partial charge in [0.1, 0.15) is 29.4 Å². The van der Waals surface area contributed by atoms with Crippen molar-refractivity contribution in [2.75, 3.05) is 25.6 Å². The number of anilines is 1. The number of para-hydroxylation sites is 1. The van der Waals surface area contributed by atoms with Crippen LogP contribution in [-0.4, -0.2) is 20.3 Å². The van der Waals surface area contributed by atoms with Crippen molar-refractivity contribution < 1.29 is 13.9 Å². The highest BCUT2D eigenvalue weighted by Gasteiger charge is 2.03. The molecule has 0 saturated heterocycles. The zero-order valence-corrected chi connectivity index (χ0v) is 13.7. The van der Waals surface area contributed by atoms with E-state index < -0.39 is 5.63 Å². The molecule has 0 aliphatic rings. The lowest BCUT2D eigenvalue weighted by Crippen LogP contribution is -2.10. The van der Waals surface area contributed by atoms with Gasteiger partial charge in [0.2, 0.25) is 0 Å². The summed E-state index contributed by atoms with van der Waals surface area (Å²) in [6.07, 6.45) is 0. The minimum atomic E-state index is -0.407. The Morgan fingerprint density at radius 3 is 2.60 bits per heavy atom. The molecule has 0 saturated carbocycles. The average molecular weight is 335 g/mol. The molecule has 0 amide bonds. The van der Waals surface area contributed by atoms with Crippen LogP contribution in [0.2, 0.25) is 0 Å². The van der Waals surface area contributed by atoms with Crippen LogP contribution in [0, 0.1) is 11.8 Å². The molecule has 0 atom stereocenters. The second-order valence-corrected chi connectivity index (χ2v) is 5.16. The maximum absolute atomic E-state index is 11.9. The molecule has 0 bridgehead atoms. The van der Waals surface area contributed by atoms with Crippen LogP contribution in [0.3, 0.4) is 0 Å². The molecule has 0 spiro atoms.